The van der Waals surface area contributed by atoms with Crippen molar-refractivity contribution in [2.45, 2.75) is 64.0 Å². The number of hydrogen-bond acceptors (Lipinski definition) is 5. The van der Waals surface area contributed by atoms with Crippen LogP contribution >= 0.6 is 0 Å². The van der Waals surface area contributed by atoms with E-state index in [0.29, 0.717) is 23.6 Å². The molecule has 2 atom stereocenters. The molecule has 6 nitrogen and oxygen atoms in total. The standard InChI is InChI=1S/C25H34N2O4/c1-24(2,30)22(27-23(29)20(16-28)18-9-5-4-6-10-18)21-12-11-19(15-26-21)31-17-25(3)13-7-8-14-25/h4-6,9-12,15,20,22,28,30H,7-8,13-14,16-17H2,1-3H3,(H,27,29)/t20-,22+/m0/s1. The van der Waals surface area contributed by atoms with E-state index in [1.807, 2.05) is 24.3 Å². The number of benzene rings is 1. The van der Waals surface area contributed by atoms with E-state index in [-0.39, 0.29) is 17.9 Å². The van der Waals surface area contributed by atoms with E-state index in [9.17, 15) is 15.0 Å². The van der Waals surface area contributed by atoms with Gasteiger partial charge in [0.1, 0.15) is 5.75 Å². The summed E-state index contributed by atoms with van der Waals surface area (Å²) in [6.07, 6.45) is 6.50. The summed E-state index contributed by atoms with van der Waals surface area (Å²) < 4.78 is 5.96. The lowest BCUT2D eigenvalue weighted by molar-refractivity contribution is -0.126. The van der Waals surface area contributed by atoms with Crippen LogP contribution in [0.15, 0.2) is 48.7 Å². The Morgan fingerprint density at radius 1 is 1.19 bits per heavy atom. The molecule has 1 aromatic heterocycles. The van der Waals surface area contributed by atoms with Gasteiger partial charge in [-0.05, 0) is 44.4 Å². The fourth-order valence-electron chi connectivity index (χ4n) is 4.16. The molecule has 1 aromatic carbocycles. The number of ether oxygens (including phenoxy) is 1. The normalized spacial score (nSPS) is 17.7. The third-order valence-corrected chi connectivity index (χ3v) is 6.15. The molecule has 1 aliphatic rings. The number of aliphatic hydroxyl groups excluding tert-OH is 1. The Hall–Kier alpha value is -2.44. The van der Waals surface area contributed by atoms with E-state index in [1.54, 1.807) is 38.2 Å². The van der Waals surface area contributed by atoms with Gasteiger partial charge in [-0.1, -0.05) is 50.1 Å². The van der Waals surface area contributed by atoms with E-state index < -0.39 is 17.6 Å². The van der Waals surface area contributed by atoms with Crippen LogP contribution in [0.5, 0.6) is 5.75 Å². The van der Waals surface area contributed by atoms with Crippen molar-refractivity contribution in [1.82, 2.24) is 10.3 Å². The second-order valence-corrected chi connectivity index (χ2v) is 9.47. The molecule has 0 spiro atoms. The number of hydrogen-bond donors (Lipinski definition) is 3. The summed E-state index contributed by atoms with van der Waals surface area (Å²) in [7, 11) is 0. The molecule has 6 heteroatoms. The summed E-state index contributed by atoms with van der Waals surface area (Å²) in [4.78, 5) is 17.4. The van der Waals surface area contributed by atoms with Crippen molar-refractivity contribution in [2.24, 2.45) is 5.41 Å². The molecule has 0 saturated heterocycles. The lowest BCUT2D eigenvalue weighted by atomic mass is 9.90. The lowest BCUT2D eigenvalue weighted by Crippen LogP contribution is -2.44. The molecule has 0 radical (unpaired) electrons. The van der Waals surface area contributed by atoms with Gasteiger partial charge in [0.25, 0.3) is 0 Å². The second kappa shape index (κ2) is 9.79. The molecule has 1 heterocycles. The van der Waals surface area contributed by atoms with Crippen LogP contribution in [0.3, 0.4) is 0 Å². The Morgan fingerprint density at radius 2 is 1.87 bits per heavy atom. The maximum atomic E-state index is 12.9. The zero-order valence-electron chi connectivity index (χ0n) is 18.7. The Kier molecular flexibility index (Phi) is 7.34. The summed E-state index contributed by atoms with van der Waals surface area (Å²) >= 11 is 0. The predicted molar refractivity (Wildman–Crippen MR) is 120 cm³/mol. The number of nitrogens with zero attached hydrogens (tertiary/aromatic N) is 1. The Balaban J connectivity index is 1.71. The predicted octanol–water partition coefficient (Wildman–Crippen LogP) is 3.75. The van der Waals surface area contributed by atoms with Gasteiger partial charge in [-0.15, -0.1) is 0 Å². The van der Waals surface area contributed by atoms with Crippen LogP contribution in [0.4, 0.5) is 0 Å². The minimum atomic E-state index is -1.25. The van der Waals surface area contributed by atoms with Crippen molar-refractivity contribution >= 4 is 5.91 Å². The molecule has 31 heavy (non-hydrogen) atoms. The van der Waals surface area contributed by atoms with Crippen LogP contribution in [0.2, 0.25) is 0 Å². The smallest absolute Gasteiger partial charge is 0.230 e. The van der Waals surface area contributed by atoms with Gasteiger partial charge in [-0.3, -0.25) is 9.78 Å². The highest BCUT2D eigenvalue weighted by Gasteiger charge is 2.34. The zero-order chi connectivity index (χ0) is 22.5. The number of aromatic nitrogens is 1. The first kappa shape index (κ1) is 23.2. The molecule has 3 N–H and O–H groups in total. The Morgan fingerprint density at radius 3 is 2.42 bits per heavy atom. The average molecular weight is 427 g/mol. The van der Waals surface area contributed by atoms with E-state index in [1.165, 1.54) is 25.7 Å². The van der Waals surface area contributed by atoms with Crippen molar-refractivity contribution in [3.8, 4) is 5.75 Å². The molecule has 1 aliphatic carbocycles. The zero-order valence-corrected chi connectivity index (χ0v) is 18.7. The highest BCUT2D eigenvalue weighted by Crippen LogP contribution is 2.38. The highest BCUT2D eigenvalue weighted by atomic mass is 16.5. The fourth-order valence-corrected chi connectivity index (χ4v) is 4.16. The summed E-state index contributed by atoms with van der Waals surface area (Å²) in [6.45, 7) is 5.84. The molecule has 0 aliphatic heterocycles. The number of nitrogens with one attached hydrogen (secondary N) is 1. The van der Waals surface area contributed by atoms with Gasteiger partial charge < -0.3 is 20.3 Å². The van der Waals surface area contributed by atoms with Crippen LogP contribution in [0.25, 0.3) is 0 Å². The summed E-state index contributed by atoms with van der Waals surface area (Å²) in [5.74, 6) is -0.409. The first-order chi connectivity index (χ1) is 14.7. The maximum absolute atomic E-state index is 12.9. The molecule has 168 valence electrons. The minimum absolute atomic E-state index is 0.221. The first-order valence-corrected chi connectivity index (χ1v) is 11.0. The van der Waals surface area contributed by atoms with Gasteiger partial charge in [0, 0.05) is 5.41 Å². The Bertz CT molecular complexity index is 840. The second-order valence-electron chi connectivity index (χ2n) is 9.47. The summed E-state index contributed by atoms with van der Waals surface area (Å²) in [5.41, 5.74) is 0.220. The van der Waals surface area contributed by atoms with Crippen LogP contribution < -0.4 is 10.1 Å². The Labute approximate surface area is 184 Å². The largest absolute Gasteiger partial charge is 0.491 e. The molecule has 0 bridgehead atoms. The molecule has 2 aromatic rings. The monoisotopic (exact) mass is 426 g/mol. The molecule has 1 fully saturated rings. The van der Waals surface area contributed by atoms with Gasteiger partial charge in [-0.2, -0.15) is 0 Å². The van der Waals surface area contributed by atoms with Crippen LogP contribution in [-0.2, 0) is 4.79 Å². The quantitative estimate of drug-likeness (QED) is 0.568. The third-order valence-electron chi connectivity index (χ3n) is 6.15. The average Bonchev–Trinajstić information content (AvgIpc) is 3.18. The minimum Gasteiger partial charge on any atom is -0.491 e. The van der Waals surface area contributed by atoms with Crippen molar-refractivity contribution in [3.63, 3.8) is 0 Å². The van der Waals surface area contributed by atoms with Crippen LogP contribution in [0.1, 0.15) is 69.7 Å². The number of carbonyl (C=O) groups excluding carboxylic acids is 1. The molecule has 1 amide bonds. The summed E-state index contributed by atoms with van der Waals surface area (Å²) in [5, 5.41) is 23.4. The van der Waals surface area contributed by atoms with Gasteiger partial charge in [0.15, 0.2) is 0 Å². The number of rotatable bonds is 9. The SMILES string of the molecule is CC1(COc2ccc([C@@H](NC(=O)[C@@H](CO)c3ccccc3)C(C)(C)O)nc2)CCCC1. The van der Waals surface area contributed by atoms with E-state index in [0.717, 1.165) is 0 Å². The van der Waals surface area contributed by atoms with Gasteiger partial charge >= 0.3 is 0 Å². The molecule has 3 rings (SSSR count). The van der Waals surface area contributed by atoms with Crippen LogP contribution in [-0.4, -0.2) is 39.9 Å². The highest BCUT2D eigenvalue weighted by molar-refractivity contribution is 5.84. The van der Waals surface area contributed by atoms with E-state index in [2.05, 4.69) is 17.2 Å². The number of pyridine rings is 1. The van der Waals surface area contributed by atoms with Crippen molar-refractivity contribution in [2.75, 3.05) is 13.2 Å². The topological polar surface area (TPSA) is 91.7 Å². The van der Waals surface area contributed by atoms with Crippen molar-refractivity contribution in [3.05, 3.63) is 59.9 Å². The molecule has 1 saturated carbocycles. The third kappa shape index (κ3) is 6.05. The first-order valence-electron chi connectivity index (χ1n) is 11.0. The number of amides is 1. The molecule has 0 unspecified atom stereocenters. The number of carbonyl (C=O) groups is 1. The van der Waals surface area contributed by atoms with Gasteiger partial charge in [-0.25, -0.2) is 0 Å². The van der Waals surface area contributed by atoms with Gasteiger partial charge in [0.2, 0.25) is 5.91 Å². The lowest BCUT2D eigenvalue weighted by Gasteiger charge is -2.31. The van der Waals surface area contributed by atoms with Crippen LogP contribution in [0, 0.1) is 5.41 Å². The van der Waals surface area contributed by atoms with Crippen molar-refractivity contribution in [1.29, 1.82) is 0 Å². The van der Waals surface area contributed by atoms with E-state index in [4.69, 9.17) is 4.74 Å². The van der Waals surface area contributed by atoms with E-state index >= 15 is 0 Å². The van der Waals surface area contributed by atoms with Gasteiger partial charge in [0.05, 0.1) is 42.7 Å². The summed E-state index contributed by atoms with van der Waals surface area (Å²) in [6, 6.07) is 12.0. The molecular formula is C25H34N2O4. The number of aliphatic hydroxyl groups is 2. The fraction of sp³-hybridized carbons (Fsp3) is 0.520. The molecular weight excluding hydrogens is 392 g/mol. The maximum Gasteiger partial charge on any atom is 0.230 e. The van der Waals surface area contributed by atoms with Crippen molar-refractivity contribution < 1.29 is 19.7 Å².